The van der Waals surface area contributed by atoms with Gasteiger partial charge < -0.3 is 0 Å². The van der Waals surface area contributed by atoms with Gasteiger partial charge in [0, 0.05) is 53.2 Å². The third-order valence-corrected chi connectivity index (χ3v) is 7.05. The Morgan fingerprint density at radius 2 is 0.643 bits per heavy atom. The molecule has 0 atom stereocenters. The summed E-state index contributed by atoms with van der Waals surface area (Å²) in [5, 5.41) is 0. The van der Waals surface area contributed by atoms with Crippen LogP contribution >= 0.6 is 0 Å². The van der Waals surface area contributed by atoms with Gasteiger partial charge in [-0.3, -0.25) is 15.0 Å². The Morgan fingerprint density at radius 3 is 1.02 bits per heavy atom. The maximum Gasteiger partial charge on any atom is 0.164 e. The summed E-state index contributed by atoms with van der Waals surface area (Å²) in [6, 6.07) is 38.6. The molecule has 6 nitrogen and oxygen atoms in total. The van der Waals surface area contributed by atoms with Crippen molar-refractivity contribution in [1.82, 2.24) is 29.9 Å². The van der Waals surface area contributed by atoms with E-state index in [-0.39, 0.29) is 0 Å². The van der Waals surface area contributed by atoms with Gasteiger partial charge in [0.05, 0.1) is 5.69 Å². The molecule has 42 heavy (non-hydrogen) atoms. The lowest BCUT2D eigenvalue weighted by atomic mass is 10.0. The van der Waals surface area contributed by atoms with Gasteiger partial charge in [0.1, 0.15) is 0 Å². The highest BCUT2D eigenvalue weighted by atomic mass is 15.0. The molecule has 0 aliphatic rings. The summed E-state index contributed by atoms with van der Waals surface area (Å²) in [6.07, 6.45) is 8.99. The van der Waals surface area contributed by atoms with Crippen molar-refractivity contribution >= 4 is 0 Å². The summed E-state index contributed by atoms with van der Waals surface area (Å²) in [7, 11) is 0. The standard InChI is InChI=1S/C36H24N6/c1-2-20-39-33(3-1)29-8-14-32(15-9-29)36-41-34(30-10-4-25(5-11-30)27-16-21-37-22-17-27)40-35(42-36)31-12-6-26(7-13-31)28-18-23-38-24-19-28/h1-24H. The van der Waals surface area contributed by atoms with Crippen molar-refractivity contribution in [2.45, 2.75) is 0 Å². The molecule has 0 aliphatic heterocycles. The molecule has 0 spiro atoms. The Kier molecular flexibility index (Phi) is 6.76. The first-order valence-electron chi connectivity index (χ1n) is 13.6. The van der Waals surface area contributed by atoms with Crippen LogP contribution < -0.4 is 0 Å². The molecule has 6 heteroatoms. The topological polar surface area (TPSA) is 77.3 Å². The van der Waals surface area contributed by atoms with E-state index in [2.05, 4.69) is 63.5 Å². The number of rotatable bonds is 6. The van der Waals surface area contributed by atoms with Gasteiger partial charge in [-0.15, -0.1) is 0 Å². The zero-order valence-corrected chi connectivity index (χ0v) is 22.5. The minimum Gasteiger partial charge on any atom is -0.265 e. The van der Waals surface area contributed by atoms with E-state index < -0.39 is 0 Å². The van der Waals surface area contributed by atoms with Crippen molar-refractivity contribution in [3.05, 3.63) is 146 Å². The highest BCUT2D eigenvalue weighted by molar-refractivity contribution is 5.73. The molecule has 0 unspecified atom stereocenters. The minimum absolute atomic E-state index is 0.610. The smallest absolute Gasteiger partial charge is 0.164 e. The molecule has 0 aliphatic carbocycles. The highest BCUT2D eigenvalue weighted by Crippen LogP contribution is 2.29. The van der Waals surface area contributed by atoms with Crippen LogP contribution in [-0.4, -0.2) is 29.9 Å². The minimum atomic E-state index is 0.610. The van der Waals surface area contributed by atoms with Crippen LogP contribution in [0.3, 0.4) is 0 Å². The summed E-state index contributed by atoms with van der Waals surface area (Å²) in [6.45, 7) is 0. The van der Waals surface area contributed by atoms with Crippen molar-refractivity contribution in [3.8, 4) is 67.7 Å². The molecular weight excluding hydrogens is 516 g/mol. The van der Waals surface area contributed by atoms with E-state index in [1.54, 1.807) is 31.0 Å². The predicted molar refractivity (Wildman–Crippen MR) is 166 cm³/mol. The van der Waals surface area contributed by atoms with Gasteiger partial charge in [0.25, 0.3) is 0 Å². The maximum atomic E-state index is 4.92. The van der Waals surface area contributed by atoms with Crippen LogP contribution in [-0.2, 0) is 0 Å². The van der Waals surface area contributed by atoms with Crippen molar-refractivity contribution in [2.75, 3.05) is 0 Å². The lowest BCUT2D eigenvalue weighted by Crippen LogP contribution is -2.00. The second kappa shape index (κ2) is 11.3. The van der Waals surface area contributed by atoms with Crippen LogP contribution in [0.1, 0.15) is 0 Å². The average Bonchev–Trinajstić information content (AvgIpc) is 3.09. The van der Waals surface area contributed by atoms with Crippen LogP contribution in [0.4, 0.5) is 0 Å². The summed E-state index contributed by atoms with van der Waals surface area (Å²) in [4.78, 5) is 27.5. The van der Waals surface area contributed by atoms with Gasteiger partial charge >= 0.3 is 0 Å². The van der Waals surface area contributed by atoms with Crippen LogP contribution in [0.25, 0.3) is 67.7 Å². The van der Waals surface area contributed by atoms with Gasteiger partial charge in [-0.25, -0.2) is 15.0 Å². The van der Waals surface area contributed by atoms with Gasteiger partial charge in [-0.1, -0.05) is 78.9 Å². The third-order valence-electron chi connectivity index (χ3n) is 7.05. The number of pyridine rings is 3. The largest absolute Gasteiger partial charge is 0.265 e. The molecule has 198 valence electrons. The molecule has 7 rings (SSSR count). The molecule has 0 amide bonds. The molecule has 4 heterocycles. The number of nitrogens with zero attached hydrogens (tertiary/aromatic N) is 6. The van der Waals surface area contributed by atoms with Crippen molar-refractivity contribution < 1.29 is 0 Å². The summed E-state index contributed by atoms with van der Waals surface area (Å²) in [5.74, 6) is 1.84. The highest BCUT2D eigenvalue weighted by Gasteiger charge is 2.13. The first-order valence-corrected chi connectivity index (χ1v) is 13.6. The monoisotopic (exact) mass is 540 g/mol. The van der Waals surface area contributed by atoms with Gasteiger partial charge in [-0.05, 0) is 58.7 Å². The molecule has 4 aromatic heterocycles. The van der Waals surface area contributed by atoms with E-state index in [0.29, 0.717) is 17.5 Å². The van der Waals surface area contributed by atoms with E-state index in [4.69, 9.17) is 15.0 Å². The first-order chi connectivity index (χ1) is 20.8. The van der Waals surface area contributed by atoms with Crippen molar-refractivity contribution in [3.63, 3.8) is 0 Å². The SMILES string of the molecule is c1ccc(-c2ccc(-c3nc(-c4ccc(-c5ccncc5)cc4)nc(-c4ccc(-c5ccncc5)cc4)n3)cc2)nc1. The molecular formula is C36H24N6. The molecule has 3 aromatic carbocycles. The Labute approximate surface area is 243 Å². The fraction of sp³-hybridized carbons (Fsp3) is 0. The van der Waals surface area contributed by atoms with E-state index in [1.807, 2.05) is 66.7 Å². The van der Waals surface area contributed by atoms with Gasteiger partial charge in [0.15, 0.2) is 17.5 Å². The van der Waals surface area contributed by atoms with E-state index in [0.717, 1.165) is 50.2 Å². The van der Waals surface area contributed by atoms with E-state index >= 15 is 0 Å². The quantitative estimate of drug-likeness (QED) is 0.212. The average molecular weight is 541 g/mol. The van der Waals surface area contributed by atoms with Crippen LogP contribution in [0.2, 0.25) is 0 Å². The Bertz CT molecular complexity index is 1680. The zero-order valence-electron chi connectivity index (χ0n) is 22.5. The molecule has 0 saturated heterocycles. The zero-order chi connectivity index (χ0) is 28.1. The van der Waals surface area contributed by atoms with Crippen LogP contribution in [0, 0.1) is 0 Å². The second-order valence-electron chi connectivity index (χ2n) is 9.73. The summed E-state index contributed by atoms with van der Waals surface area (Å²) < 4.78 is 0. The third kappa shape index (κ3) is 5.29. The van der Waals surface area contributed by atoms with Gasteiger partial charge in [0.2, 0.25) is 0 Å². The van der Waals surface area contributed by atoms with E-state index in [9.17, 15) is 0 Å². The van der Waals surface area contributed by atoms with Crippen LogP contribution in [0.5, 0.6) is 0 Å². The van der Waals surface area contributed by atoms with Crippen molar-refractivity contribution in [2.24, 2.45) is 0 Å². The lowest BCUT2D eigenvalue weighted by molar-refractivity contribution is 1.07. The summed E-state index contributed by atoms with van der Waals surface area (Å²) >= 11 is 0. The second-order valence-corrected chi connectivity index (χ2v) is 9.73. The fourth-order valence-electron chi connectivity index (χ4n) is 4.80. The number of hydrogen-bond acceptors (Lipinski definition) is 6. The molecule has 7 aromatic rings. The fourth-order valence-corrected chi connectivity index (χ4v) is 4.80. The van der Waals surface area contributed by atoms with Crippen LogP contribution in [0.15, 0.2) is 146 Å². The van der Waals surface area contributed by atoms with Crippen molar-refractivity contribution in [1.29, 1.82) is 0 Å². The molecule has 0 bridgehead atoms. The lowest BCUT2D eigenvalue weighted by Gasteiger charge is -2.10. The molecule has 0 radical (unpaired) electrons. The normalized spacial score (nSPS) is 10.9. The number of benzene rings is 3. The first kappa shape index (κ1) is 25.1. The Morgan fingerprint density at radius 1 is 0.286 bits per heavy atom. The van der Waals surface area contributed by atoms with E-state index in [1.165, 1.54) is 0 Å². The number of hydrogen-bond donors (Lipinski definition) is 0. The molecule has 0 N–H and O–H groups in total. The predicted octanol–water partition coefficient (Wildman–Crippen LogP) is 8.06. The Balaban J connectivity index is 1.29. The number of aromatic nitrogens is 6. The summed E-state index contributed by atoms with van der Waals surface area (Å²) in [5.41, 5.74) is 9.11. The van der Waals surface area contributed by atoms with Gasteiger partial charge in [-0.2, -0.15) is 0 Å². The Hall–Kier alpha value is -5.88. The molecule has 0 fully saturated rings. The maximum absolute atomic E-state index is 4.92. The molecule has 0 saturated carbocycles.